The van der Waals surface area contributed by atoms with Crippen LogP contribution in [-0.4, -0.2) is 36.2 Å². The minimum absolute atomic E-state index is 0.0511. The molecule has 0 bridgehead atoms. The summed E-state index contributed by atoms with van der Waals surface area (Å²) >= 11 is 1.28. The van der Waals surface area contributed by atoms with Crippen molar-refractivity contribution in [3.05, 3.63) is 63.0 Å². The van der Waals surface area contributed by atoms with Crippen molar-refractivity contribution in [3.8, 4) is 11.5 Å². The Balaban J connectivity index is 2.08. The van der Waals surface area contributed by atoms with E-state index in [-0.39, 0.29) is 16.5 Å². The van der Waals surface area contributed by atoms with Crippen molar-refractivity contribution in [2.75, 3.05) is 19.1 Å². The van der Waals surface area contributed by atoms with Gasteiger partial charge in [0.1, 0.15) is 0 Å². The number of ether oxygens (including phenoxy) is 2. The van der Waals surface area contributed by atoms with Crippen LogP contribution in [0.1, 0.15) is 19.4 Å². The standard InChI is InChI=1S/C21H20N2O6S/c1-12(2)30-19-18(13-5-7-14(8-6-13)23(26)27)20(24)22(21(19)25)15-9-10-16(28-3)17(11-15)29-4/h5-12H,1-4H3. The number of carbonyl (C=O) groups is 2. The molecule has 0 spiro atoms. The third-order valence-corrected chi connectivity index (χ3v) is 5.47. The first-order valence-corrected chi connectivity index (χ1v) is 9.93. The van der Waals surface area contributed by atoms with Crippen molar-refractivity contribution >= 4 is 40.5 Å². The Kier molecular flexibility index (Phi) is 6.12. The highest BCUT2D eigenvalue weighted by Crippen LogP contribution is 2.41. The lowest BCUT2D eigenvalue weighted by Crippen LogP contribution is -2.31. The molecule has 2 amide bonds. The van der Waals surface area contributed by atoms with Gasteiger partial charge in [0.15, 0.2) is 11.5 Å². The zero-order valence-electron chi connectivity index (χ0n) is 16.9. The summed E-state index contributed by atoms with van der Waals surface area (Å²) in [4.78, 5) is 38.3. The molecule has 0 unspecified atom stereocenters. The van der Waals surface area contributed by atoms with Crippen LogP contribution in [0.5, 0.6) is 11.5 Å². The van der Waals surface area contributed by atoms with Gasteiger partial charge in [-0.25, -0.2) is 4.90 Å². The van der Waals surface area contributed by atoms with E-state index in [0.29, 0.717) is 27.7 Å². The number of nitrogens with zero attached hydrogens (tertiary/aromatic N) is 2. The number of non-ortho nitro benzene ring substituents is 1. The minimum Gasteiger partial charge on any atom is -0.493 e. The summed E-state index contributed by atoms with van der Waals surface area (Å²) in [5.74, 6) is -0.0818. The van der Waals surface area contributed by atoms with Crippen LogP contribution < -0.4 is 14.4 Å². The molecule has 2 aromatic rings. The fraction of sp³-hybridized carbons (Fsp3) is 0.238. The van der Waals surface area contributed by atoms with Gasteiger partial charge in [0.2, 0.25) is 0 Å². The Morgan fingerprint density at radius 2 is 1.60 bits per heavy atom. The van der Waals surface area contributed by atoms with E-state index in [1.54, 1.807) is 18.2 Å². The Morgan fingerprint density at radius 1 is 0.967 bits per heavy atom. The number of hydrogen-bond acceptors (Lipinski definition) is 7. The summed E-state index contributed by atoms with van der Waals surface area (Å²) in [5.41, 5.74) is 0.931. The number of anilines is 1. The zero-order valence-corrected chi connectivity index (χ0v) is 17.7. The maximum absolute atomic E-state index is 13.3. The molecule has 0 saturated heterocycles. The number of carbonyl (C=O) groups excluding carboxylic acids is 2. The van der Waals surface area contributed by atoms with Crippen LogP contribution in [0.3, 0.4) is 0 Å². The number of amides is 2. The molecule has 30 heavy (non-hydrogen) atoms. The van der Waals surface area contributed by atoms with Crippen LogP contribution in [0.25, 0.3) is 5.57 Å². The first-order valence-electron chi connectivity index (χ1n) is 9.05. The smallest absolute Gasteiger partial charge is 0.272 e. The number of methoxy groups -OCH3 is 2. The van der Waals surface area contributed by atoms with Gasteiger partial charge >= 0.3 is 0 Å². The van der Waals surface area contributed by atoms with E-state index in [0.717, 1.165) is 4.90 Å². The zero-order chi connectivity index (χ0) is 22.0. The Hall–Kier alpha value is -3.33. The molecular formula is C21H20N2O6S. The van der Waals surface area contributed by atoms with Gasteiger partial charge in [-0.15, -0.1) is 11.8 Å². The minimum atomic E-state index is -0.514. The highest BCUT2D eigenvalue weighted by atomic mass is 32.2. The van der Waals surface area contributed by atoms with Gasteiger partial charge in [-0.1, -0.05) is 13.8 Å². The van der Waals surface area contributed by atoms with E-state index in [4.69, 9.17) is 9.47 Å². The van der Waals surface area contributed by atoms with Gasteiger partial charge in [-0.05, 0) is 29.8 Å². The molecule has 0 N–H and O–H groups in total. The van der Waals surface area contributed by atoms with Crippen LogP contribution >= 0.6 is 11.8 Å². The first-order chi connectivity index (χ1) is 14.3. The van der Waals surface area contributed by atoms with Crippen LogP contribution in [-0.2, 0) is 9.59 Å². The van der Waals surface area contributed by atoms with Crippen molar-refractivity contribution in [1.29, 1.82) is 0 Å². The van der Waals surface area contributed by atoms with E-state index in [1.165, 1.54) is 50.2 Å². The molecule has 1 heterocycles. The summed E-state index contributed by atoms with van der Waals surface area (Å²) in [5, 5.41) is 11.0. The molecule has 0 atom stereocenters. The molecule has 1 aliphatic heterocycles. The average Bonchev–Trinajstić information content (AvgIpc) is 2.96. The summed E-state index contributed by atoms with van der Waals surface area (Å²) in [6, 6.07) is 10.4. The highest BCUT2D eigenvalue weighted by Gasteiger charge is 2.41. The van der Waals surface area contributed by atoms with Gasteiger partial charge < -0.3 is 9.47 Å². The Labute approximate surface area is 177 Å². The quantitative estimate of drug-likeness (QED) is 0.373. The molecule has 0 aliphatic carbocycles. The topological polar surface area (TPSA) is 99.0 Å². The fourth-order valence-electron chi connectivity index (χ4n) is 3.06. The fourth-order valence-corrected chi connectivity index (χ4v) is 4.04. The monoisotopic (exact) mass is 428 g/mol. The van der Waals surface area contributed by atoms with E-state index in [2.05, 4.69) is 0 Å². The van der Waals surface area contributed by atoms with Crippen LogP contribution in [0.2, 0.25) is 0 Å². The van der Waals surface area contributed by atoms with E-state index < -0.39 is 16.7 Å². The Bertz CT molecular complexity index is 1050. The third-order valence-electron chi connectivity index (χ3n) is 4.39. The summed E-state index contributed by atoms with van der Waals surface area (Å²) in [6.07, 6.45) is 0. The normalized spacial score (nSPS) is 14.0. The molecule has 2 aromatic carbocycles. The molecule has 156 valence electrons. The van der Waals surface area contributed by atoms with E-state index in [9.17, 15) is 19.7 Å². The van der Waals surface area contributed by atoms with Crippen molar-refractivity contribution in [3.63, 3.8) is 0 Å². The molecule has 1 aliphatic rings. The first kappa shape index (κ1) is 21.4. The number of thioether (sulfide) groups is 1. The lowest BCUT2D eigenvalue weighted by molar-refractivity contribution is -0.384. The summed E-state index contributed by atoms with van der Waals surface area (Å²) < 4.78 is 10.5. The highest BCUT2D eigenvalue weighted by molar-refractivity contribution is 8.04. The van der Waals surface area contributed by atoms with Crippen molar-refractivity contribution in [2.45, 2.75) is 19.1 Å². The lowest BCUT2D eigenvalue weighted by atomic mass is 10.1. The molecule has 0 fully saturated rings. The van der Waals surface area contributed by atoms with Gasteiger partial charge in [0.05, 0.1) is 35.3 Å². The van der Waals surface area contributed by atoms with Crippen molar-refractivity contribution in [2.24, 2.45) is 0 Å². The van der Waals surface area contributed by atoms with Gasteiger partial charge in [-0.2, -0.15) is 0 Å². The molecule has 8 nitrogen and oxygen atoms in total. The number of imide groups is 1. The maximum atomic E-state index is 13.3. The number of rotatable bonds is 7. The van der Waals surface area contributed by atoms with Crippen LogP contribution in [0.4, 0.5) is 11.4 Å². The number of nitro groups is 1. The van der Waals surface area contributed by atoms with Gasteiger partial charge in [-0.3, -0.25) is 19.7 Å². The second-order valence-electron chi connectivity index (χ2n) is 6.66. The molecular weight excluding hydrogens is 408 g/mol. The SMILES string of the molecule is COc1ccc(N2C(=O)C(SC(C)C)=C(c3ccc([N+](=O)[O-])cc3)C2=O)cc1OC. The summed E-state index contributed by atoms with van der Waals surface area (Å²) in [6.45, 7) is 3.84. The van der Waals surface area contributed by atoms with E-state index >= 15 is 0 Å². The van der Waals surface area contributed by atoms with Gasteiger partial charge in [0, 0.05) is 23.4 Å². The van der Waals surface area contributed by atoms with Crippen molar-refractivity contribution in [1.82, 2.24) is 0 Å². The molecule has 0 radical (unpaired) electrons. The van der Waals surface area contributed by atoms with E-state index in [1.807, 2.05) is 13.8 Å². The summed E-state index contributed by atoms with van der Waals surface area (Å²) in [7, 11) is 2.96. The maximum Gasteiger partial charge on any atom is 0.272 e. The number of benzene rings is 2. The number of nitro benzene ring substituents is 1. The Morgan fingerprint density at radius 3 is 2.13 bits per heavy atom. The molecule has 0 saturated carbocycles. The molecule has 0 aromatic heterocycles. The predicted molar refractivity (Wildman–Crippen MR) is 115 cm³/mol. The lowest BCUT2D eigenvalue weighted by Gasteiger charge is -2.17. The second kappa shape index (κ2) is 8.58. The predicted octanol–water partition coefficient (Wildman–Crippen LogP) is 4.04. The molecule has 9 heteroatoms. The number of hydrogen-bond donors (Lipinski definition) is 0. The molecule has 3 rings (SSSR count). The second-order valence-corrected chi connectivity index (χ2v) is 8.25. The van der Waals surface area contributed by atoms with Crippen LogP contribution in [0.15, 0.2) is 47.4 Å². The van der Waals surface area contributed by atoms with Gasteiger partial charge in [0.25, 0.3) is 17.5 Å². The van der Waals surface area contributed by atoms with Crippen molar-refractivity contribution < 1.29 is 24.0 Å². The van der Waals surface area contributed by atoms with Crippen LogP contribution in [0, 0.1) is 10.1 Å². The third kappa shape index (κ3) is 3.88. The average molecular weight is 428 g/mol. The largest absolute Gasteiger partial charge is 0.493 e.